The predicted molar refractivity (Wildman–Crippen MR) is 74.0 cm³/mol. The number of amides is 2. The van der Waals surface area contributed by atoms with E-state index in [1.165, 1.54) is 12.8 Å². The lowest BCUT2D eigenvalue weighted by Crippen LogP contribution is -2.57. The van der Waals surface area contributed by atoms with E-state index in [1.807, 2.05) is 6.92 Å². The van der Waals surface area contributed by atoms with E-state index in [-0.39, 0.29) is 12.1 Å². The summed E-state index contributed by atoms with van der Waals surface area (Å²) < 4.78 is 0. The molecule has 1 atom stereocenters. The summed E-state index contributed by atoms with van der Waals surface area (Å²) in [6, 6.07) is -0.216. The zero-order valence-electron chi connectivity index (χ0n) is 12.2. The Labute approximate surface area is 115 Å². The number of rotatable bonds is 8. The number of aliphatic carboxylic acids is 1. The van der Waals surface area contributed by atoms with E-state index in [2.05, 4.69) is 10.6 Å². The number of carboxylic acids is 1. The predicted octanol–water partition coefficient (Wildman–Crippen LogP) is 2.51. The lowest BCUT2D eigenvalue weighted by atomic mass is 9.93. The van der Waals surface area contributed by atoms with Crippen LogP contribution >= 0.6 is 0 Å². The molecule has 0 aromatic heterocycles. The first kappa shape index (κ1) is 15.8. The van der Waals surface area contributed by atoms with E-state index in [9.17, 15) is 14.7 Å². The summed E-state index contributed by atoms with van der Waals surface area (Å²) in [5, 5.41) is 14.8. The molecule has 1 aliphatic carbocycles. The lowest BCUT2D eigenvalue weighted by molar-refractivity contribution is -0.144. The molecule has 0 aromatic rings. The van der Waals surface area contributed by atoms with Gasteiger partial charge in [0.2, 0.25) is 0 Å². The normalized spacial score (nSPS) is 16.8. The van der Waals surface area contributed by atoms with Gasteiger partial charge in [0.05, 0.1) is 0 Å². The van der Waals surface area contributed by atoms with Crippen LogP contribution < -0.4 is 10.6 Å². The number of nitrogens with one attached hydrogen (secondary N) is 2. The number of carbonyl (C=O) groups is 2. The SMILES string of the molecule is CCC(CC1CC1)NC(=O)NC(CC)(CC)C(=O)O. The van der Waals surface area contributed by atoms with E-state index in [4.69, 9.17) is 0 Å². The van der Waals surface area contributed by atoms with Gasteiger partial charge in [-0.2, -0.15) is 0 Å². The third-order valence-electron chi connectivity index (χ3n) is 4.11. The van der Waals surface area contributed by atoms with Gasteiger partial charge < -0.3 is 15.7 Å². The van der Waals surface area contributed by atoms with Crippen molar-refractivity contribution < 1.29 is 14.7 Å². The van der Waals surface area contributed by atoms with Gasteiger partial charge in [0.25, 0.3) is 0 Å². The average molecular weight is 270 g/mol. The standard InChI is InChI=1S/C14H26N2O3/c1-4-11(9-10-7-8-10)15-13(19)16-14(5-2,6-3)12(17)18/h10-11H,4-9H2,1-3H3,(H,17,18)(H2,15,16,19). The minimum Gasteiger partial charge on any atom is -0.480 e. The Morgan fingerprint density at radius 2 is 1.84 bits per heavy atom. The summed E-state index contributed by atoms with van der Waals surface area (Å²) >= 11 is 0. The highest BCUT2D eigenvalue weighted by Crippen LogP contribution is 2.34. The molecule has 0 radical (unpaired) electrons. The van der Waals surface area contributed by atoms with Crippen LogP contribution in [0, 0.1) is 5.92 Å². The van der Waals surface area contributed by atoms with Crippen molar-refractivity contribution in [3.63, 3.8) is 0 Å². The minimum atomic E-state index is -1.15. The summed E-state index contributed by atoms with van der Waals surface area (Å²) in [7, 11) is 0. The van der Waals surface area contributed by atoms with Crippen LogP contribution in [0.5, 0.6) is 0 Å². The van der Waals surface area contributed by atoms with Gasteiger partial charge >= 0.3 is 12.0 Å². The van der Waals surface area contributed by atoms with Crippen LogP contribution in [-0.4, -0.2) is 28.7 Å². The van der Waals surface area contributed by atoms with Gasteiger partial charge in [-0.1, -0.05) is 33.6 Å². The molecular formula is C14H26N2O3. The molecule has 2 amide bonds. The van der Waals surface area contributed by atoms with Crippen molar-refractivity contribution in [3.8, 4) is 0 Å². The van der Waals surface area contributed by atoms with Gasteiger partial charge in [0.1, 0.15) is 5.54 Å². The van der Waals surface area contributed by atoms with Crippen molar-refractivity contribution in [2.75, 3.05) is 0 Å². The van der Waals surface area contributed by atoms with Crippen LogP contribution in [0.1, 0.15) is 59.3 Å². The number of carboxylic acid groups (broad SMARTS) is 1. The number of hydrogen-bond acceptors (Lipinski definition) is 2. The van der Waals surface area contributed by atoms with Crippen LogP contribution in [0.2, 0.25) is 0 Å². The molecule has 0 saturated heterocycles. The van der Waals surface area contributed by atoms with Crippen molar-refractivity contribution in [3.05, 3.63) is 0 Å². The van der Waals surface area contributed by atoms with Crippen molar-refractivity contribution in [1.82, 2.24) is 10.6 Å². The van der Waals surface area contributed by atoms with Crippen LogP contribution in [0.15, 0.2) is 0 Å². The van der Waals surface area contributed by atoms with Gasteiger partial charge in [-0.15, -0.1) is 0 Å². The topological polar surface area (TPSA) is 78.4 Å². The molecule has 1 aliphatic rings. The zero-order chi connectivity index (χ0) is 14.5. The molecule has 0 bridgehead atoms. The van der Waals surface area contributed by atoms with Crippen molar-refractivity contribution in [2.24, 2.45) is 5.92 Å². The van der Waals surface area contributed by atoms with E-state index in [1.54, 1.807) is 13.8 Å². The smallest absolute Gasteiger partial charge is 0.329 e. The number of carbonyl (C=O) groups excluding carboxylic acids is 1. The second-order valence-corrected chi connectivity index (χ2v) is 5.48. The third-order valence-corrected chi connectivity index (χ3v) is 4.11. The molecular weight excluding hydrogens is 244 g/mol. The molecule has 0 aliphatic heterocycles. The largest absolute Gasteiger partial charge is 0.480 e. The average Bonchev–Trinajstić information content (AvgIpc) is 3.18. The first-order chi connectivity index (χ1) is 8.97. The second-order valence-electron chi connectivity index (χ2n) is 5.48. The molecule has 1 fully saturated rings. The van der Waals surface area contributed by atoms with Gasteiger partial charge in [-0.05, 0) is 31.6 Å². The van der Waals surface area contributed by atoms with Crippen LogP contribution in [0.4, 0.5) is 4.79 Å². The fourth-order valence-corrected chi connectivity index (χ4v) is 2.31. The van der Waals surface area contributed by atoms with E-state index >= 15 is 0 Å². The Kier molecular flexibility index (Phi) is 5.63. The molecule has 1 saturated carbocycles. The third kappa shape index (κ3) is 4.40. The highest BCUT2D eigenvalue weighted by Gasteiger charge is 2.37. The Balaban J connectivity index is 2.53. The molecule has 19 heavy (non-hydrogen) atoms. The minimum absolute atomic E-state index is 0.146. The summed E-state index contributed by atoms with van der Waals surface area (Å²) in [6.07, 6.45) is 5.15. The Bertz CT molecular complexity index is 323. The molecule has 5 nitrogen and oxygen atoms in total. The van der Waals surface area contributed by atoms with Crippen LogP contribution in [0.3, 0.4) is 0 Å². The second kappa shape index (κ2) is 6.78. The van der Waals surface area contributed by atoms with E-state index in [0.717, 1.165) is 18.8 Å². The van der Waals surface area contributed by atoms with Gasteiger partial charge in [0, 0.05) is 6.04 Å². The summed E-state index contributed by atoms with van der Waals surface area (Å²) in [6.45, 7) is 5.59. The van der Waals surface area contributed by atoms with Crippen molar-refractivity contribution in [1.29, 1.82) is 0 Å². The van der Waals surface area contributed by atoms with Gasteiger partial charge in [0.15, 0.2) is 0 Å². The van der Waals surface area contributed by atoms with E-state index < -0.39 is 11.5 Å². The summed E-state index contributed by atoms with van der Waals surface area (Å²) in [5.41, 5.74) is -1.15. The quantitative estimate of drug-likeness (QED) is 0.634. The number of hydrogen-bond donors (Lipinski definition) is 3. The van der Waals surface area contributed by atoms with Crippen LogP contribution in [0.25, 0.3) is 0 Å². The molecule has 1 unspecified atom stereocenters. The fraction of sp³-hybridized carbons (Fsp3) is 0.857. The molecule has 0 aromatic carbocycles. The monoisotopic (exact) mass is 270 g/mol. The van der Waals surface area contributed by atoms with Crippen molar-refractivity contribution >= 4 is 12.0 Å². The Morgan fingerprint density at radius 3 is 2.21 bits per heavy atom. The summed E-state index contributed by atoms with van der Waals surface area (Å²) in [4.78, 5) is 23.3. The van der Waals surface area contributed by atoms with Gasteiger partial charge in [-0.25, -0.2) is 9.59 Å². The highest BCUT2D eigenvalue weighted by molar-refractivity contribution is 5.86. The van der Waals surface area contributed by atoms with E-state index in [0.29, 0.717) is 12.8 Å². The molecule has 0 heterocycles. The van der Waals surface area contributed by atoms with Crippen LogP contribution in [-0.2, 0) is 4.79 Å². The first-order valence-electron chi connectivity index (χ1n) is 7.29. The van der Waals surface area contributed by atoms with Gasteiger partial charge in [-0.3, -0.25) is 0 Å². The Hall–Kier alpha value is -1.26. The lowest BCUT2D eigenvalue weighted by Gasteiger charge is -2.29. The molecule has 0 spiro atoms. The summed E-state index contributed by atoms with van der Waals surface area (Å²) in [5.74, 6) is -0.227. The Morgan fingerprint density at radius 1 is 1.26 bits per heavy atom. The maximum Gasteiger partial charge on any atom is 0.329 e. The first-order valence-corrected chi connectivity index (χ1v) is 7.29. The maximum atomic E-state index is 12.0. The number of urea groups is 1. The molecule has 5 heteroatoms. The molecule has 3 N–H and O–H groups in total. The molecule has 1 rings (SSSR count). The zero-order valence-corrected chi connectivity index (χ0v) is 12.2. The molecule has 110 valence electrons. The highest BCUT2D eigenvalue weighted by atomic mass is 16.4. The fourth-order valence-electron chi connectivity index (χ4n) is 2.31. The maximum absolute atomic E-state index is 12.0. The van der Waals surface area contributed by atoms with Crippen molar-refractivity contribution in [2.45, 2.75) is 70.9 Å².